The highest BCUT2D eigenvalue weighted by atomic mass is 16.5. The van der Waals surface area contributed by atoms with Crippen LogP contribution in [0.2, 0.25) is 0 Å². The maximum Gasteiger partial charge on any atom is 0.150 e. The summed E-state index contributed by atoms with van der Waals surface area (Å²) >= 11 is 0. The summed E-state index contributed by atoms with van der Waals surface area (Å²) in [5.74, 6) is 0.796. The molecule has 1 aromatic carbocycles. The van der Waals surface area contributed by atoms with E-state index in [0.717, 1.165) is 25.1 Å². The third-order valence-electron chi connectivity index (χ3n) is 3.83. The first kappa shape index (κ1) is 15.0. The first-order valence-corrected chi connectivity index (χ1v) is 7.79. The molecular formula is C17H25NO2. The van der Waals surface area contributed by atoms with Crippen molar-refractivity contribution >= 4 is 6.29 Å². The molecule has 110 valence electrons. The third kappa shape index (κ3) is 5.33. The van der Waals surface area contributed by atoms with E-state index in [4.69, 9.17) is 4.74 Å². The molecule has 2 rings (SSSR count). The summed E-state index contributed by atoms with van der Waals surface area (Å²) in [6.45, 7) is 4.46. The van der Waals surface area contributed by atoms with Gasteiger partial charge in [0.2, 0.25) is 0 Å². The molecule has 0 unspecified atom stereocenters. The number of benzene rings is 1. The van der Waals surface area contributed by atoms with Gasteiger partial charge in [0.25, 0.3) is 0 Å². The molecule has 1 aliphatic heterocycles. The van der Waals surface area contributed by atoms with Crippen LogP contribution in [-0.4, -0.2) is 37.4 Å². The highest BCUT2D eigenvalue weighted by Crippen LogP contribution is 2.13. The average molecular weight is 275 g/mol. The van der Waals surface area contributed by atoms with E-state index in [9.17, 15) is 4.79 Å². The van der Waals surface area contributed by atoms with E-state index >= 15 is 0 Å². The second kappa shape index (κ2) is 8.75. The van der Waals surface area contributed by atoms with Crippen molar-refractivity contribution in [2.45, 2.75) is 38.5 Å². The van der Waals surface area contributed by atoms with Crippen LogP contribution in [-0.2, 0) is 0 Å². The molecule has 0 N–H and O–H groups in total. The Morgan fingerprint density at radius 3 is 2.65 bits per heavy atom. The topological polar surface area (TPSA) is 29.5 Å². The van der Waals surface area contributed by atoms with E-state index in [1.807, 2.05) is 12.1 Å². The maximum atomic E-state index is 10.7. The number of likely N-dealkylation sites (tertiary alicyclic amines) is 1. The van der Waals surface area contributed by atoms with Crippen LogP contribution in [0.5, 0.6) is 5.75 Å². The number of ether oxygens (including phenoxy) is 1. The van der Waals surface area contributed by atoms with Crippen molar-refractivity contribution in [3.05, 3.63) is 29.8 Å². The Hall–Kier alpha value is -1.35. The van der Waals surface area contributed by atoms with E-state index in [1.165, 1.54) is 51.7 Å². The Bertz CT molecular complexity index is 398. The summed E-state index contributed by atoms with van der Waals surface area (Å²) in [4.78, 5) is 13.3. The molecule has 0 amide bonds. The lowest BCUT2D eigenvalue weighted by Gasteiger charge is -2.19. The van der Waals surface area contributed by atoms with Gasteiger partial charge in [-0.1, -0.05) is 25.0 Å². The molecule has 1 heterocycles. The van der Waals surface area contributed by atoms with Gasteiger partial charge in [-0.2, -0.15) is 0 Å². The standard InChI is InChI=1S/C17H25NO2/c19-15-16-8-7-9-17(14-16)20-13-6-5-12-18-10-3-1-2-4-11-18/h7-9,14-15H,1-6,10-13H2. The molecule has 0 spiro atoms. The van der Waals surface area contributed by atoms with E-state index < -0.39 is 0 Å². The zero-order valence-corrected chi connectivity index (χ0v) is 12.2. The highest BCUT2D eigenvalue weighted by Gasteiger charge is 2.07. The minimum absolute atomic E-state index is 0.673. The molecule has 0 radical (unpaired) electrons. The molecule has 1 saturated heterocycles. The number of hydrogen-bond acceptors (Lipinski definition) is 3. The molecule has 3 heteroatoms. The van der Waals surface area contributed by atoms with E-state index in [0.29, 0.717) is 5.56 Å². The van der Waals surface area contributed by atoms with E-state index in [-0.39, 0.29) is 0 Å². The molecule has 0 bridgehead atoms. The minimum atomic E-state index is 0.673. The second-order valence-corrected chi connectivity index (χ2v) is 5.50. The number of carbonyl (C=O) groups excluding carboxylic acids is 1. The Morgan fingerprint density at radius 2 is 1.90 bits per heavy atom. The van der Waals surface area contributed by atoms with Crippen LogP contribution >= 0.6 is 0 Å². The molecule has 3 nitrogen and oxygen atoms in total. The van der Waals surface area contributed by atoms with Gasteiger partial charge in [0, 0.05) is 5.56 Å². The van der Waals surface area contributed by atoms with Crippen molar-refractivity contribution in [3.8, 4) is 5.75 Å². The molecule has 20 heavy (non-hydrogen) atoms. The Balaban J connectivity index is 1.59. The summed E-state index contributed by atoms with van der Waals surface area (Å²) < 4.78 is 5.69. The first-order valence-electron chi connectivity index (χ1n) is 7.79. The number of aldehydes is 1. The van der Waals surface area contributed by atoms with Gasteiger partial charge in [0.1, 0.15) is 12.0 Å². The summed E-state index contributed by atoms with van der Waals surface area (Å²) in [5, 5.41) is 0. The number of hydrogen-bond donors (Lipinski definition) is 0. The van der Waals surface area contributed by atoms with Crippen molar-refractivity contribution in [2.24, 2.45) is 0 Å². The lowest BCUT2D eigenvalue weighted by molar-refractivity contribution is 0.112. The molecule has 0 aromatic heterocycles. The number of rotatable bonds is 7. The fourth-order valence-corrected chi connectivity index (χ4v) is 2.66. The van der Waals surface area contributed by atoms with Gasteiger partial charge < -0.3 is 9.64 Å². The van der Waals surface area contributed by atoms with Crippen LogP contribution in [0.15, 0.2) is 24.3 Å². The quantitative estimate of drug-likeness (QED) is 0.563. The van der Waals surface area contributed by atoms with Gasteiger partial charge in [-0.05, 0) is 57.5 Å². The highest BCUT2D eigenvalue weighted by molar-refractivity contribution is 5.75. The molecule has 0 saturated carbocycles. The van der Waals surface area contributed by atoms with Gasteiger partial charge >= 0.3 is 0 Å². The Morgan fingerprint density at radius 1 is 1.10 bits per heavy atom. The lowest BCUT2D eigenvalue weighted by Crippen LogP contribution is -2.25. The normalized spacial score (nSPS) is 16.6. The van der Waals surface area contributed by atoms with E-state index in [1.54, 1.807) is 12.1 Å². The molecule has 1 aliphatic rings. The predicted octanol–water partition coefficient (Wildman–Crippen LogP) is 3.53. The van der Waals surface area contributed by atoms with Gasteiger partial charge in [0.05, 0.1) is 6.61 Å². The zero-order chi connectivity index (χ0) is 14.0. The van der Waals surface area contributed by atoms with Crippen LogP contribution in [0.4, 0.5) is 0 Å². The fraction of sp³-hybridized carbons (Fsp3) is 0.588. The third-order valence-corrected chi connectivity index (χ3v) is 3.83. The van der Waals surface area contributed by atoms with Gasteiger partial charge in [-0.15, -0.1) is 0 Å². The molecule has 0 atom stereocenters. The summed E-state index contributed by atoms with van der Waals surface area (Å²) in [5.41, 5.74) is 0.673. The van der Waals surface area contributed by atoms with Crippen LogP contribution < -0.4 is 4.74 Å². The van der Waals surface area contributed by atoms with Crippen LogP contribution in [0.1, 0.15) is 48.9 Å². The van der Waals surface area contributed by atoms with Crippen molar-refractivity contribution in [2.75, 3.05) is 26.2 Å². The number of carbonyl (C=O) groups is 1. The van der Waals surface area contributed by atoms with Crippen molar-refractivity contribution in [3.63, 3.8) is 0 Å². The van der Waals surface area contributed by atoms with Gasteiger partial charge in [-0.3, -0.25) is 4.79 Å². The number of unbranched alkanes of at least 4 members (excludes halogenated alkanes) is 1. The largest absolute Gasteiger partial charge is 0.494 e. The fourth-order valence-electron chi connectivity index (χ4n) is 2.66. The summed E-state index contributed by atoms with van der Waals surface area (Å²) in [7, 11) is 0. The van der Waals surface area contributed by atoms with Crippen molar-refractivity contribution < 1.29 is 9.53 Å². The molecule has 0 aliphatic carbocycles. The summed E-state index contributed by atoms with van der Waals surface area (Å²) in [6, 6.07) is 7.35. The predicted molar refractivity (Wildman–Crippen MR) is 81.5 cm³/mol. The molecule has 1 fully saturated rings. The second-order valence-electron chi connectivity index (χ2n) is 5.50. The minimum Gasteiger partial charge on any atom is -0.494 e. The van der Waals surface area contributed by atoms with Crippen LogP contribution in [0, 0.1) is 0 Å². The average Bonchev–Trinajstić information content (AvgIpc) is 2.76. The first-order chi connectivity index (χ1) is 9.88. The van der Waals surface area contributed by atoms with Crippen LogP contribution in [0.3, 0.4) is 0 Å². The zero-order valence-electron chi connectivity index (χ0n) is 12.2. The Kier molecular flexibility index (Phi) is 6.58. The summed E-state index contributed by atoms with van der Waals surface area (Å²) in [6.07, 6.45) is 8.62. The maximum absolute atomic E-state index is 10.7. The lowest BCUT2D eigenvalue weighted by atomic mass is 10.2. The molecular weight excluding hydrogens is 250 g/mol. The Labute approximate surface area is 121 Å². The van der Waals surface area contributed by atoms with Crippen molar-refractivity contribution in [1.82, 2.24) is 4.90 Å². The monoisotopic (exact) mass is 275 g/mol. The van der Waals surface area contributed by atoms with Gasteiger partial charge in [0.15, 0.2) is 0 Å². The molecule has 1 aromatic rings. The SMILES string of the molecule is O=Cc1cccc(OCCCCN2CCCCCC2)c1. The van der Waals surface area contributed by atoms with Gasteiger partial charge in [-0.25, -0.2) is 0 Å². The smallest absolute Gasteiger partial charge is 0.150 e. The van der Waals surface area contributed by atoms with Crippen LogP contribution in [0.25, 0.3) is 0 Å². The van der Waals surface area contributed by atoms with Crippen molar-refractivity contribution in [1.29, 1.82) is 0 Å². The number of nitrogens with zero attached hydrogens (tertiary/aromatic N) is 1. The van der Waals surface area contributed by atoms with E-state index in [2.05, 4.69) is 4.90 Å².